The molecule has 2 aromatic rings. The lowest BCUT2D eigenvalue weighted by molar-refractivity contribution is -0.0497. The third-order valence-electron chi connectivity index (χ3n) is 6.47. The smallest absolute Gasteiger partial charge is 0.405 e. The first-order chi connectivity index (χ1) is 13.9. The van der Waals surface area contributed by atoms with Gasteiger partial charge in [-0.15, -0.1) is 0 Å². The number of amides is 2. The number of hydrogen-bond donors (Lipinski definition) is 2. The van der Waals surface area contributed by atoms with Gasteiger partial charge in [0, 0.05) is 23.4 Å². The van der Waals surface area contributed by atoms with Crippen molar-refractivity contribution in [2.75, 3.05) is 0 Å². The van der Waals surface area contributed by atoms with Crippen molar-refractivity contribution in [2.24, 2.45) is 11.7 Å². The average Bonchev–Trinajstić information content (AvgIpc) is 2.98. The second kappa shape index (κ2) is 7.50. The van der Waals surface area contributed by atoms with Crippen LogP contribution >= 0.6 is 0 Å². The molecule has 0 spiro atoms. The van der Waals surface area contributed by atoms with Crippen molar-refractivity contribution in [2.45, 2.75) is 49.7 Å². The van der Waals surface area contributed by atoms with Crippen LogP contribution in [0, 0.1) is 11.7 Å². The maximum atomic E-state index is 13.5. The molecule has 0 aliphatic heterocycles. The molecular weight excluding hydrogens is 371 g/mol. The molecule has 2 aliphatic rings. The van der Waals surface area contributed by atoms with Gasteiger partial charge in [-0.3, -0.25) is 4.79 Å². The van der Waals surface area contributed by atoms with Gasteiger partial charge in [-0.2, -0.15) is 0 Å². The maximum Gasteiger partial charge on any atom is 0.405 e. The number of carbonyl (C=O) groups is 2. The van der Waals surface area contributed by atoms with Gasteiger partial charge in [-0.1, -0.05) is 36.4 Å². The molecule has 6 heteroatoms. The van der Waals surface area contributed by atoms with E-state index in [4.69, 9.17) is 10.5 Å². The third kappa shape index (κ3) is 3.97. The lowest BCUT2D eigenvalue weighted by Gasteiger charge is -2.44. The molecule has 0 aromatic heterocycles. The summed E-state index contributed by atoms with van der Waals surface area (Å²) >= 11 is 0. The van der Waals surface area contributed by atoms with Gasteiger partial charge >= 0.3 is 6.09 Å². The van der Waals surface area contributed by atoms with Crippen molar-refractivity contribution >= 4 is 12.0 Å². The van der Waals surface area contributed by atoms with Crippen LogP contribution in [0.15, 0.2) is 54.6 Å². The minimum absolute atomic E-state index is 0.138. The maximum absolute atomic E-state index is 13.5. The molecule has 5 nitrogen and oxygen atoms in total. The second-order valence-electron chi connectivity index (χ2n) is 8.33. The van der Waals surface area contributed by atoms with Crippen molar-refractivity contribution in [1.29, 1.82) is 0 Å². The van der Waals surface area contributed by atoms with E-state index in [1.165, 1.54) is 23.8 Å². The van der Waals surface area contributed by atoms with Crippen LogP contribution in [-0.4, -0.2) is 23.1 Å². The molecule has 3 unspecified atom stereocenters. The number of primary amides is 1. The first kappa shape index (κ1) is 19.4. The summed E-state index contributed by atoms with van der Waals surface area (Å²) < 4.78 is 19.2. The van der Waals surface area contributed by atoms with E-state index in [-0.39, 0.29) is 11.8 Å². The van der Waals surface area contributed by atoms with Gasteiger partial charge < -0.3 is 15.8 Å². The Morgan fingerprint density at radius 2 is 1.90 bits per heavy atom. The van der Waals surface area contributed by atoms with Crippen molar-refractivity contribution in [3.8, 4) is 0 Å². The van der Waals surface area contributed by atoms with Crippen LogP contribution in [-0.2, 0) is 11.2 Å². The topological polar surface area (TPSA) is 81.4 Å². The molecule has 4 rings (SSSR count). The quantitative estimate of drug-likeness (QED) is 0.803. The molecule has 3 atom stereocenters. The summed E-state index contributed by atoms with van der Waals surface area (Å²) in [5, 5.41) is 3.11. The fraction of sp³-hybridized carbons (Fsp3) is 0.391. The summed E-state index contributed by atoms with van der Waals surface area (Å²) in [6.45, 7) is 0. The first-order valence-electron chi connectivity index (χ1n) is 10.0. The van der Waals surface area contributed by atoms with Crippen LogP contribution in [0.25, 0.3) is 0 Å². The number of benzene rings is 2. The van der Waals surface area contributed by atoms with E-state index in [0.717, 1.165) is 19.3 Å². The number of rotatable bonds is 5. The number of nitrogens with two attached hydrogens (primary N) is 1. The SMILES string of the molecule is NC(=O)OC12CCC(NC(=O)c3cccc(F)c3)(CCC1Cc1ccccc1)C2. The molecule has 2 saturated carbocycles. The number of hydrogen-bond acceptors (Lipinski definition) is 3. The van der Waals surface area contributed by atoms with Crippen molar-refractivity contribution in [3.63, 3.8) is 0 Å². The number of fused-ring (bicyclic) bond motifs is 2. The van der Waals surface area contributed by atoms with Gasteiger partial charge in [-0.05, 0) is 55.9 Å². The van der Waals surface area contributed by atoms with Crippen LogP contribution in [0.5, 0.6) is 0 Å². The highest BCUT2D eigenvalue weighted by Crippen LogP contribution is 2.53. The summed E-state index contributed by atoms with van der Waals surface area (Å²) in [4.78, 5) is 24.4. The van der Waals surface area contributed by atoms with E-state index in [1.54, 1.807) is 6.07 Å². The van der Waals surface area contributed by atoms with Gasteiger partial charge in [0.25, 0.3) is 5.91 Å². The zero-order valence-electron chi connectivity index (χ0n) is 16.2. The number of ether oxygens (including phenoxy) is 1. The van der Waals surface area contributed by atoms with E-state index >= 15 is 0 Å². The average molecular weight is 396 g/mol. The third-order valence-corrected chi connectivity index (χ3v) is 6.47. The molecule has 2 aliphatic carbocycles. The summed E-state index contributed by atoms with van der Waals surface area (Å²) in [7, 11) is 0. The molecule has 3 N–H and O–H groups in total. The Bertz CT molecular complexity index is 919. The van der Waals surface area contributed by atoms with E-state index < -0.39 is 23.1 Å². The Labute approximate surface area is 169 Å². The van der Waals surface area contributed by atoms with Crippen LogP contribution in [0.4, 0.5) is 9.18 Å². The zero-order valence-corrected chi connectivity index (χ0v) is 16.2. The predicted octanol–water partition coefficient (Wildman–Crippen LogP) is 3.97. The normalized spacial score (nSPS) is 28.0. The van der Waals surface area contributed by atoms with E-state index in [1.807, 2.05) is 18.2 Å². The molecule has 0 saturated heterocycles. The molecule has 2 fully saturated rings. The van der Waals surface area contributed by atoms with Gasteiger partial charge in [0.1, 0.15) is 11.4 Å². The van der Waals surface area contributed by atoms with Crippen LogP contribution in [0.1, 0.15) is 48.0 Å². The van der Waals surface area contributed by atoms with Crippen LogP contribution in [0.3, 0.4) is 0 Å². The van der Waals surface area contributed by atoms with E-state index in [2.05, 4.69) is 17.4 Å². The molecule has 29 heavy (non-hydrogen) atoms. The minimum atomic E-state index is -0.780. The zero-order chi connectivity index (χ0) is 20.5. The second-order valence-corrected chi connectivity index (χ2v) is 8.33. The molecule has 0 heterocycles. The Hall–Kier alpha value is -2.89. The predicted molar refractivity (Wildman–Crippen MR) is 107 cm³/mol. The standard InChI is InChI=1S/C23H25FN2O3/c24-19-8-4-7-17(14-19)20(27)26-22-10-9-18(13-16-5-2-1-3-6-16)23(15-22,12-11-22)29-21(25)28/h1-8,14,18H,9-13,15H2,(H2,25,28)(H,26,27). The Balaban J connectivity index is 1.55. The molecule has 2 amide bonds. The largest absolute Gasteiger partial charge is 0.443 e. The Morgan fingerprint density at radius 3 is 2.62 bits per heavy atom. The number of halogens is 1. The van der Waals surface area contributed by atoms with Crippen molar-refractivity contribution < 1.29 is 18.7 Å². The van der Waals surface area contributed by atoms with Gasteiger partial charge in [0.05, 0.1) is 0 Å². The van der Waals surface area contributed by atoms with Crippen LogP contribution in [0.2, 0.25) is 0 Å². The fourth-order valence-electron chi connectivity index (χ4n) is 5.15. The highest BCUT2D eigenvalue weighted by Gasteiger charge is 2.58. The summed E-state index contributed by atoms with van der Waals surface area (Å²) in [5.74, 6) is -0.612. The Morgan fingerprint density at radius 1 is 1.10 bits per heavy atom. The van der Waals surface area contributed by atoms with E-state index in [0.29, 0.717) is 24.8 Å². The number of carbonyl (C=O) groups excluding carboxylic acids is 2. The van der Waals surface area contributed by atoms with Gasteiger partial charge in [0.15, 0.2) is 0 Å². The summed E-state index contributed by atoms with van der Waals surface area (Å²) in [6, 6.07) is 15.8. The lowest BCUT2D eigenvalue weighted by atomic mass is 9.70. The first-order valence-corrected chi connectivity index (χ1v) is 10.0. The lowest BCUT2D eigenvalue weighted by Crippen LogP contribution is -2.54. The highest BCUT2D eigenvalue weighted by atomic mass is 19.1. The van der Waals surface area contributed by atoms with Gasteiger partial charge in [-0.25, -0.2) is 9.18 Å². The number of nitrogens with one attached hydrogen (secondary N) is 1. The summed E-state index contributed by atoms with van der Waals surface area (Å²) in [5.41, 5.74) is 5.75. The monoisotopic (exact) mass is 396 g/mol. The summed E-state index contributed by atoms with van der Waals surface area (Å²) in [6.07, 6.45) is 3.49. The molecule has 2 bridgehead atoms. The molecular formula is C23H25FN2O3. The van der Waals surface area contributed by atoms with E-state index in [9.17, 15) is 14.0 Å². The van der Waals surface area contributed by atoms with Crippen molar-refractivity contribution in [1.82, 2.24) is 5.32 Å². The minimum Gasteiger partial charge on any atom is -0.443 e. The molecule has 2 aromatic carbocycles. The Kier molecular flexibility index (Phi) is 5.03. The highest BCUT2D eigenvalue weighted by molar-refractivity contribution is 5.94. The molecule has 152 valence electrons. The fourth-order valence-corrected chi connectivity index (χ4v) is 5.15. The molecule has 0 radical (unpaired) electrons. The van der Waals surface area contributed by atoms with Crippen LogP contribution < -0.4 is 11.1 Å². The van der Waals surface area contributed by atoms with Crippen molar-refractivity contribution in [3.05, 3.63) is 71.5 Å². The van der Waals surface area contributed by atoms with Gasteiger partial charge in [0.2, 0.25) is 0 Å².